The summed E-state index contributed by atoms with van der Waals surface area (Å²) in [5.41, 5.74) is 0.203. The highest BCUT2D eigenvalue weighted by atomic mass is 19.1. The van der Waals surface area contributed by atoms with Crippen LogP contribution in [0.3, 0.4) is 0 Å². The van der Waals surface area contributed by atoms with Crippen molar-refractivity contribution in [3.05, 3.63) is 29.8 Å². The lowest BCUT2D eigenvalue weighted by Crippen LogP contribution is -2.39. The molecule has 1 fully saturated rings. The Balaban J connectivity index is 2.12. The molecule has 1 saturated heterocycles. The van der Waals surface area contributed by atoms with E-state index >= 15 is 0 Å². The molecule has 3 nitrogen and oxygen atoms in total. The normalized spacial score (nSPS) is 20.9. The zero-order valence-corrected chi connectivity index (χ0v) is 9.32. The van der Waals surface area contributed by atoms with E-state index in [4.69, 9.17) is 0 Å². The van der Waals surface area contributed by atoms with Gasteiger partial charge in [0.1, 0.15) is 5.69 Å². The van der Waals surface area contributed by atoms with Gasteiger partial charge in [-0.25, -0.2) is 4.98 Å². The molecule has 2 heterocycles. The smallest absolute Gasteiger partial charge is 0.272 e. The molecule has 0 bridgehead atoms. The van der Waals surface area contributed by atoms with Gasteiger partial charge in [-0.3, -0.25) is 4.79 Å². The number of rotatable bonds is 1. The lowest BCUT2D eigenvalue weighted by atomic mass is 10.00. The van der Waals surface area contributed by atoms with Crippen LogP contribution in [0, 0.1) is 11.9 Å². The summed E-state index contributed by atoms with van der Waals surface area (Å²) in [5, 5.41) is 0. The van der Waals surface area contributed by atoms with Gasteiger partial charge in [0.25, 0.3) is 5.91 Å². The Morgan fingerprint density at radius 3 is 3.06 bits per heavy atom. The van der Waals surface area contributed by atoms with Gasteiger partial charge in [-0.1, -0.05) is 13.0 Å². The summed E-state index contributed by atoms with van der Waals surface area (Å²) in [4.78, 5) is 17.4. The molecule has 4 heteroatoms. The first-order valence-corrected chi connectivity index (χ1v) is 5.58. The van der Waals surface area contributed by atoms with Crippen molar-refractivity contribution < 1.29 is 9.18 Å². The van der Waals surface area contributed by atoms with E-state index in [2.05, 4.69) is 11.9 Å². The number of amides is 1. The maximum absolute atomic E-state index is 12.9. The van der Waals surface area contributed by atoms with Crippen molar-refractivity contribution in [3.8, 4) is 0 Å². The fraction of sp³-hybridized carbons (Fsp3) is 0.500. The van der Waals surface area contributed by atoms with Gasteiger partial charge in [-0.2, -0.15) is 4.39 Å². The molecule has 86 valence electrons. The molecule has 1 unspecified atom stereocenters. The summed E-state index contributed by atoms with van der Waals surface area (Å²) in [5.74, 6) is -0.242. The largest absolute Gasteiger partial charge is 0.337 e. The molecular weight excluding hydrogens is 207 g/mol. The number of likely N-dealkylation sites (tertiary alicyclic amines) is 1. The predicted molar refractivity (Wildman–Crippen MR) is 58.5 cm³/mol. The number of carbonyl (C=O) groups excluding carboxylic acids is 1. The minimum Gasteiger partial charge on any atom is -0.337 e. The lowest BCUT2D eigenvalue weighted by Gasteiger charge is -2.30. The molecule has 16 heavy (non-hydrogen) atoms. The first-order valence-electron chi connectivity index (χ1n) is 5.58. The number of piperidine rings is 1. The maximum atomic E-state index is 12.9. The van der Waals surface area contributed by atoms with Crippen LogP contribution in [0.25, 0.3) is 0 Å². The molecule has 0 N–H and O–H groups in total. The molecule has 1 amide bonds. The van der Waals surface area contributed by atoms with Gasteiger partial charge < -0.3 is 4.90 Å². The van der Waals surface area contributed by atoms with E-state index in [0.717, 1.165) is 25.9 Å². The number of halogens is 1. The van der Waals surface area contributed by atoms with Crippen LogP contribution in [-0.4, -0.2) is 28.9 Å². The van der Waals surface area contributed by atoms with Crippen molar-refractivity contribution in [3.63, 3.8) is 0 Å². The molecule has 0 aromatic carbocycles. The summed E-state index contributed by atoms with van der Waals surface area (Å²) in [6.07, 6.45) is 2.17. The molecule has 1 aliphatic heterocycles. The van der Waals surface area contributed by atoms with Crippen molar-refractivity contribution in [2.75, 3.05) is 13.1 Å². The van der Waals surface area contributed by atoms with E-state index in [0.29, 0.717) is 5.92 Å². The van der Waals surface area contributed by atoms with Crippen LogP contribution in [0.4, 0.5) is 4.39 Å². The summed E-state index contributed by atoms with van der Waals surface area (Å²) >= 11 is 0. The molecule has 0 saturated carbocycles. The first-order chi connectivity index (χ1) is 7.66. The minimum absolute atomic E-state index is 0.161. The molecule has 1 aliphatic rings. The summed E-state index contributed by atoms with van der Waals surface area (Å²) in [7, 11) is 0. The molecule has 1 atom stereocenters. The highest BCUT2D eigenvalue weighted by molar-refractivity contribution is 5.92. The zero-order chi connectivity index (χ0) is 11.5. The van der Waals surface area contributed by atoms with Gasteiger partial charge >= 0.3 is 0 Å². The Morgan fingerprint density at radius 1 is 1.56 bits per heavy atom. The van der Waals surface area contributed by atoms with E-state index in [1.54, 1.807) is 11.0 Å². The monoisotopic (exact) mass is 222 g/mol. The van der Waals surface area contributed by atoms with Gasteiger partial charge in [0.2, 0.25) is 5.95 Å². The zero-order valence-electron chi connectivity index (χ0n) is 9.32. The third-order valence-electron chi connectivity index (χ3n) is 2.88. The second kappa shape index (κ2) is 4.60. The first kappa shape index (κ1) is 11.0. The number of pyridine rings is 1. The molecule has 0 spiro atoms. The highest BCUT2D eigenvalue weighted by Crippen LogP contribution is 2.17. The van der Waals surface area contributed by atoms with Crippen molar-refractivity contribution in [1.29, 1.82) is 0 Å². The number of carbonyl (C=O) groups is 1. The third kappa shape index (κ3) is 2.38. The van der Waals surface area contributed by atoms with E-state index < -0.39 is 5.95 Å². The van der Waals surface area contributed by atoms with Gasteiger partial charge in [0.05, 0.1) is 0 Å². The van der Waals surface area contributed by atoms with Crippen LogP contribution in [0.15, 0.2) is 18.2 Å². The maximum Gasteiger partial charge on any atom is 0.272 e. The Hall–Kier alpha value is -1.45. The van der Waals surface area contributed by atoms with Gasteiger partial charge in [0.15, 0.2) is 0 Å². The quantitative estimate of drug-likeness (QED) is 0.682. The second-order valence-electron chi connectivity index (χ2n) is 4.34. The number of nitrogens with zero attached hydrogens (tertiary/aromatic N) is 2. The average Bonchev–Trinajstić information content (AvgIpc) is 2.28. The standard InChI is InChI=1S/C12H15FN2O/c1-9-4-3-7-15(8-9)12(16)10-5-2-6-11(13)14-10/h2,5-6,9H,3-4,7-8H2,1H3. The van der Waals surface area contributed by atoms with Crippen molar-refractivity contribution in [1.82, 2.24) is 9.88 Å². The Bertz CT molecular complexity index is 394. The SMILES string of the molecule is CC1CCCN(C(=O)c2cccc(F)n2)C1. The number of aromatic nitrogens is 1. The van der Waals surface area contributed by atoms with Gasteiger partial charge in [-0.05, 0) is 30.9 Å². The second-order valence-corrected chi connectivity index (χ2v) is 4.34. The lowest BCUT2D eigenvalue weighted by molar-refractivity contribution is 0.0676. The number of hydrogen-bond acceptors (Lipinski definition) is 2. The fourth-order valence-corrected chi connectivity index (χ4v) is 2.06. The van der Waals surface area contributed by atoms with E-state index in [-0.39, 0.29) is 11.6 Å². The molecule has 2 rings (SSSR count). The molecule has 1 aromatic rings. The van der Waals surface area contributed by atoms with Gasteiger partial charge in [0, 0.05) is 13.1 Å². The van der Waals surface area contributed by atoms with Gasteiger partial charge in [-0.15, -0.1) is 0 Å². The van der Waals surface area contributed by atoms with Crippen molar-refractivity contribution in [2.45, 2.75) is 19.8 Å². The van der Waals surface area contributed by atoms with Crippen LogP contribution >= 0.6 is 0 Å². The van der Waals surface area contributed by atoms with Crippen LogP contribution in [0.2, 0.25) is 0 Å². The van der Waals surface area contributed by atoms with E-state index in [1.165, 1.54) is 12.1 Å². The molecular formula is C12H15FN2O. The van der Waals surface area contributed by atoms with Crippen molar-refractivity contribution >= 4 is 5.91 Å². The summed E-state index contributed by atoms with van der Waals surface area (Å²) in [6, 6.07) is 4.32. The Morgan fingerprint density at radius 2 is 2.38 bits per heavy atom. The average molecular weight is 222 g/mol. The Labute approximate surface area is 94.3 Å². The topological polar surface area (TPSA) is 33.2 Å². The molecule has 1 aromatic heterocycles. The summed E-state index contributed by atoms with van der Waals surface area (Å²) in [6.45, 7) is 3.62. The van der Waals surface area contributed by atoms with Crippen LogP contribution < -0.4 is 0 Å². The fourth-order valence-electron chi connectivity index (χ4n) is 2.06. The Kier molecular flexibility index (Phi) is 3.17. The summed E-state index contributed by atoms with van der Waals surface area (Å²) < 4.78 is 12.9. The van der Waals surface area contributed by atoms with Crippen LogP contribution in [0.1, 0.15) is 30.3 Å². The third-order valence-corrected chi connectivity index (χ3v) is 2.88. The predicted octanol–water partition coefficient (Wildman–Crippen LogP) is 2.09. The van der Waals surface area contributed by atoms with E-state index in [1.807, 2.05) is 0 Å². The molecule has 0 aliphatic carbocycles. The van der Waals surface area contributed by atoms with E-state index in [9.17, 15) is 9.18 Å². The minimum atomic E-state index is -0.601. The molecule has 0 radical (unpaired) electrons. The van der Waals surface area contributed by atoms with Crippen molar-refractivity contribution in [2.24, 2.45) is 5.92 Å². The van der Waals surface area contributed by atoms with Crippen LogP contribution in [0.5, 0.6) is 0 Å². The van der Waals surface area contributed by atoms with Crippen LogP contribution in [-0.2, 0) is 0 Å². The highest BCUT2D eigenvalue weighted by Gasteiger charge is 2.22. The number of hydrogen-bond donors (Lipinski definition) is 0.